The van der Waals surface area contributed by atoms with Crippen LogP contribution in [0.15, 0.2) is 50.8 Å². The Morgan fingerprint density at radius 1 is 1.32 bits per heavy atom. The van der Waals surface area contributed by atoms with Crippen molar-refractivity contribution in [2.24, 2.45) is 15.0 Å². The van der Waals surface area contributed by atoms with Crippen LogP contribution in [-0.4, -0.2) is 28.2 Å². The minimum absolute atomic E-state index is 0.388. The molecule has 3 aliphatic heterocycles. The van der Waals surface area contributed by atoms with E-state index in [1.54, 1.807) is 4.90 Å². The molecule has 0 aliphatic carbocycles. The second-order valence-electron chi connectivity index (χ2n) is 3.70. The van der Waals surface area contributed by atoms with Gasteiger partial charge in [-0.25, -0.2) is 15.0 Å². The van der Waals surface area contributed by atoms with Gasteiger partial charge >= 0.3 is 0 Å². The largest absolute Gasteiger partial charge is 0.261 e. The van der Waals surface area contributed by atoms with Gasteiger partial charge in [0.05, 0.1) is 12.0 Å². The first-order chi connectivity index (χ1) is 9.33. The van der Waals surface area contributed by atoms with Crippen molar-refractivity contribution in [3.63, 3.8) is 0 Å². The molecule has 0 bridgehead atoms. The van der Waals surface area contributed by atoms with Gasteiger partial charge in [0.1, 0.15) is 34.5 Å². The Kier molecular flexibility index (Phi) is 2.75. The summed E-state index contributed by atoms with van der Waals surface area (Å²) in [5.74, 6) is 2.79. The third-order valence-corrected chi connectivity index (χ3v) is 3.12. The lowest BCUT2D eigenvalue weighted by Crippen LogP contribution is -2.41. The first kappa shape index (κ1) is 11.5. The van der Waals surface area contributed by atoms with Gasteiger partial charge < -0.3 is 0 Å². The quantitative estimate of drug-likeness (QED) is 0.709. The Bertz CT molecular complexity index is 707. The van der Waals surface area contributed by atoms with Crippen molar-refractivity contribution in [1.29, 1.82) is 10.5 Å². The molecule has 0 unspecified atom stereocenters. The van der Waals surface area contributed by atoms with Gasteiger partial charge in [-0.2, -0.15) is 10.5 Å². The molecule has 0 atom stereocenters. The van der Waals surface area contributed by atoms with E-state index in [1.165, 1.54) is 6.20 Å². The standard InChI is InChI=1S/C12H6N6S/c13-4-8-5-15-10-2-1-3-11-16-9(6-19-7-14)17-12(8)18(10)11/h1-3,5H,6H2. The molecule has 0 saturated carbocycles. The molecular formula is C12H6N6S. The van der Waals surface area contributed by atoms with Crippen molar-refractivity contribution in [2.75, 3.05) is 5.75 Å². The fourth-order valence-corrected chi connectivity index (χ4v) is 2.15. The van der Waals surface area contributed by atoms with Crippen LogP contribution in [0.4, 0.5) is 0 Å². The molecule has 6 nitrogen and oxygen atoms in total. The minimum atomic E-state index is 0.388. The van der Waals surface area contributed by atoms with Crippen molar-refractivity contribution >= 4 is 29.3 Å². The van der Waals surface area contributed by atoms with E-state index in [0.717, 1.165) is 11.8 Å². The van der Waals surface area contributed by atoms with Crippen molar-refractivity contribution < 1.29 is 0 Å². The molecule has 0 aromatic carbocycles. The third-order valence-electron chi connectivity index (χ3n) is 2.59. The maximum Gasteiger partial charge on any atom is 0.161 e. The molecule has 0 fully saturated rings. The van der Waals surface area contributed by atoms with Crippen LogP contribution in [-0.2, 0) is 0 Å². The topological polar surface area (TPSA) is 87.9 Å². The highest BCUT2D eigenvalue weighted by Gasteiger charge is 2.31. The number of aliphatic imine (C=N–C) groups is 3. The molecule has 0 spiro atoms. The lowest BCUT2D eigenvalue weighted by atomic mass is 10.1. The lowest BCUT2D eigenvalue weighted by molar-refractivity contribution is 0.719. The molecule has 7 heteroatoms. The molecule has 3 rings (SSSR count). The summed E-state index contributed by atoms with van der Waals surface area (Å²) in [4.78, 5) is 14.6. The van der Waals surface area contributed by atoms with Gasteiger partial charge in [0, 0.05) is 0 Å². The fraction of sp³-hybridized carbons (Fsp3) is 0.0833. The highest BCUT2D eigenvalue weighted by molar-refractivity contribution is 8.04. The van der Waals surface area contributed by atoms with E-state index in [-0.39, 0.29) is 0 Å². The second-order valence-corrected chi connectivity index (χ2v) is 4.46. The summed E-state index contributed by atoms with van der Waals surface area (Å²) in [5, 5.41) is 19.7. The Hall–Kier alpha value is -2.64. The number of nitrogens with zero attached hydrogens (tertiary/aromatic N) is 6. The summed E-state index contributed by atoms with van der Waals surface area (Å²) in [6.45, 7) is 0. The molecule has 0 N–H and O–H groups in total. The number of nitriles is 2. The smallest absolute Gasteiger partial charge is 0.161 e. The van der Waals surface area contributed by atoms with E-state index < -0.39 is 0 Å². The van der Waals surface area contributed by atoms with Crippen molar-refractivity contribution in [3.8, 4) is 11.5 Å². The van der Waals surface area contributed by atoms with E-state index in [4.69, 9.17) is 10.5 Å². The Morgan fingerprint density at radius 3 is 3.00 bits per heavy atom. The number of thioether (sulfide) groups is 1. The van der Waals surface area contributed by atoms with Gasteiger partial charge in [0.2, 0.25) is 0 Å². The van der Waals surface area contributed by atoms with Crippen LogP contribution in [0.25, 0.3) is 0 Å². The third kappa shape index (κ3) is 1.86. The summed E-state index contributed by atoms with van der Waals surface area (Å²) in [5.41, 5.74) is 0.388. The van der Waals surface area contributed by atoms with Crippen molar-refractivity contribution in [3.05, 3.63) is 35.8 Å². The number of hydrogen-bond acceptors (Lipinski definition) is 7. The SMILES string of the molecule is N#CSCC1=NC2=CC=CC3=NC=C(C#N)C(=N1)N23. The fourth-order valence-electron chi connectivity index (χ4n) is 1.83. The average Bonchev–Trinajstić information content (AvgIpc) is 2.46. The number of hydrogen-bond donors (Lipinski definition) is 0. The van der Waals surface area contributed by atoms with Gasteiger partial charge in [-0.15, -0.1) is 0 Å². The summed E-state index contributed by atoms with van der Waals surface area (Å²) in [6, 6.07) is 2.07. The van der Waals surface area contributed by atoms with E-state index in [0.29, 0.717) is 34.7 Å². The summed E-state index contributed by atoms with van der Waals surface area (Å²) in [7, 11) is 0. The van der Waals surface area contributed by atoms with Gasteiger partial charge in [0.25, 0.3) is 0 Å². The minimum Gasteiger partial charge on any atom is -0.261 e. The molecule has 0 amide bonds. The molecule has 90 valence electrons. The molecular weight excluding hydrogens is 260 g/mol. The van der Waals surface area contributed by atoms with Crippen LogP contribution in [0.3, 0.4) is 0 Å². The normalized spacial score (nSPS) is 19.1. The van der Waals surface area contributed by atoms with Crippen molar-refractivity contribution in [2.45, 2.75) is 0 Å². The Morgan fingerprint density at radius 2 is 2.21 bits per heavy atom. The Balaban J connectivity index is 2.08. The molecule has 19 heavy (non-hydrogen) atoms. The van der Waals surface area contributed by atoms with Crippen LogP contribution in [0.2, 0.25) is 0 Å². The first-order valence-corrected chi connectivity index (χ1v) is 6.36. The van der Waals surface area contributed by atoms with Crippen LogP contribution in [0.1, 0.15) is 0 Å². The van der Waals surface area contributed by atoms with E-state index in [1.807, 2.05) is 23.6 Å². The average molecular weight is 266 g/mol. The van der Waals surface area contributed by atoms with Gasteiger partial charge in [-0.05, 0) is 23.9 Å². The second kappa shape index (κ2) is 4.56. The zero-order valence-electron chi connectivity index (χ0n) is 9.61. The van der Waals surface area contributed by atoms with Gasteiger partial charge in [0.15, 0.2) is 5.84 Å². The number of rotatable bonds is 2. The highest BCUT2D eigenvalue weighted by atomic mass is 32.2. The van der Waals surface area contributed by atoms with Crippen LogP contribution >= 0.6 is 11.8 Å². The van der Waals surface area contributed by atoms with E-state index in [9.17, 15) is 0 Å². The summed E-state index contributed by atoms with van der Waals surface area (Å²) >= 11 is 1.07. The van der Waals surface area contributed by atoms with Crippen LogP contribution in [0, 0.1) is 22.0 Å². The van der Waals surface area contributed by atoms with E-state index >= 15 is 0 Å². The lowest BCUT2D eigenvalue weighted by Gasteiger charge is -2.32. The monoisotopic (exact) mass is 266 g/mol. The molecule has 0 saturated heterocycles. The van der Waals surface area contributed by atoms with E-state index in [2.05, 4.69) is 21.0 Å². The Labute approximate surface area is 113 Å². The summed E-state index contributed by atoms with van der Waals surface area (Å²) in [6.07, 6.45) is 7.00. The number of thiocyanates is 1. The predicted molar refractivity (Wildman–Crippen MR) is 73.1 cm³/mol. The zero-order valence-corrected chi connectivity index (χ0v) is 10.4. The molecule has 3 aliphatic rings. The maximum absolute atomic E-state index is 9.13. The molecule has 0 aromatic heterocycles. The summed E-state index contributed by atoms with van der Waals surface area (Å²) < 4.78 is 0. The van der Waals surface area contributed by atoms with Crippen LogP contribution < -0.4 is 0 Å². The van der Waals surface area contributed by atoms with Crippen molar-refractivity contribution in [1.82, 2.24) is 4.90 Å². The first-order valence-electron chi connectivity index (χ1n) is 5.37. The molecule has 0 aromatic rings. The van der Waals surface area contributed by atoms with Crippen LogP contribution in [0.5, 0.6) is 0 Å². The van der Waals surface area contributed by atoms with Gasteiger partial charge in [-0.1, -0.05) is 6.08 Å². The molecule has 0 radical (unpaired) electrons. The highest BCUT2D eigenvalue weighted by Crippen LogP contribution is 2.25. The zero-order chi connectivity index (χ0) is 13.2. The maximum atomic E-state index is 9.13. The molecule has 3 heterocycles. The van der Waals surface area contributed by atoms with Gasteiger partial charge in [-0.3, -0.25) is 4.90 Å². The predicted octanol–water partition coefficient (Wildman–Crippen LogP) is 1.54. The number of allylic oxidation sites excluding steroid dienone is 2. The number of amidine groups is 3.